The molecule has 0 saturated heterocycles. The Bertz CT molecular complexity index is 2280. The highest BCUT2D eigenvalue weighted by molar-refractivity contribution is 7.58. The molecule has 3 aromatic heterocycles. The van der Waals surface area contributed by atoms with Crippen LogP contribution < -0.4 is 4.74 Å². The van der Waals surface area contributed by atoms with Gasteiger partial charge < -0.3 is 4.74 Å². The normalized spacial score (nSPS) is 12.5. The highest BCUT2D eigenvalue weighted by Gasteiger charge is 2.32. The van der Waals surface area contributed by atoms with Gasteiger partial charge in [0.05, 0.1) is 23.1 Å². The number of hydrogen-bond donors (Lipinski definition) is 0. The number of thiophene rings is 2. The second kappa shape index (κ2) is 16.1. The Morgan fingerprint density at radius 3 is 1.69 bits per heavy atom. The molecule has 0 radical (unpaired) electrons. The van der Waals surface area contributed by atoms with Crippen molar-refractivity contribution in [2.24, 2.45) is 8.73 Å². The van der Waals surface area contributed by atoms with Crippen LogP contribution in [-0.4, -0.2) is 15.1 Å². The molecule has 0 aliphatic carbocycles. The molecule has 7 rings (SSSR count). The van der Waals surface area contributed by atoms with E-state index < -0.39 is 6.36 Å². The average molecular weight is 777 g/mol. The zero-order valence-corrected chi connectivity index (χ0v) is 32.6. The van der Waals surface area contributed by atoms with E-state index in [1.807, 2.05) is 18.2 Å². The SMILES string of the molecule is CCCCCCc1cc(-c2ccc(-c3c4c(c(-c5ccc(-c6ccc(OC(F)(F)F)c(CCCCCC)c6)s5)c5nsnc35)N=S=N4)s2)ccc1C. The molecule has 1 aliphatic heterocycles. The molecule has 6 aromatic rings. The lowest BCUT2D eigenvalue weighted by atomic mass is 9.98. The highest BCUT2D eigenvalue weighted by atomic mass is 32.1. The lowest BCUT2D eigenvalue weighted by Gasteiger charge is -2.14. The second-order valence-electron chi connectivity index (χ2n) is 13.1. The first-order chi connectivity index (χ1) is 25.2. The van der Waals surface area contributed by atoms with Crippen molar-refractivity contribution in [1.29, 1.82) is 0 Å². The van der Waals surface area contributed by atoms with Gasteiger partial charge in [-0.3, -0.25) is 0 Å². The fourth-order valence-corrected chi connectivity index (χ4v) is 9.93. The predicted octanol–water partition coefficient (Wildman–Crippen LogP) is 14.7. The summed E-state index contributed by atoms with van der Waals surface area (Å²) in [4.78, 5) is 4.16. The maximum atomic E-state index is 13.2. The number of nitrogens with zero attached hydrogens (tertiary/aromatic N) is 4. The summed E-state index contributed by atoms with van der Waals surface area (Å²) in [6, 6.07) is 20.2. The van der Waals surface area contributed by atoms with Crippen molar-refractivity contribution in [1.82, 2.24) is 8.75 Å². The van der Waals surface area contributed by atoms with Crippen LogP contribution in [0.2, 0.25) is 0 Å². The minimum Gasteiger partial charge on any atom is -0.406 e. The fourth-order valence-electron chi connectivity index (χ4n) is 6.71. The Balaban J connectivity index is 1.22. The van der Waals surface area contributed by atoms with Crippen LogP contribution in [0.5, 0.6) is 5.75 Å². The molecule has 0 saturated carbocycles. The molecule has 0 atom stereocenters. The van der Waals surface area contributed by atoms with Gasteiger partial charge in [-0.2, -0.15) is 17.5 Å². The molecule has 0 unspecified atom stereocenters. The Morgan fingerprint density at radius 1 is 0.615 bits per heavy atom. The summed E-state index contributed by atoms with van der Waals surface area (Å²) in [5, 5.41) is 0. The number of halogens is 3. The predicted molar refractivity (Wildman–Crippen MR) is 214 cm³/mol. The van der Waals surface area contributed by atoms with E-state index in [9.17, 15) is 13.2 Å². The van der Waals surface area contributed by atoms with Crippen molar-refractivity contribution in [2.75, 3.05) is 0 Å². The summed E-state index contributed by atoms with van der Waals surface area (Å²) < 4.78 is 63.3. The molecule has 3 aromatic carbocycles. The van der Waals surface area contributed by atoms with Crippen molar-refractivity contribution >= 4 is 68.2 Å². The van der Waals surface area contributed by atoms with Crippen LogP contribution in [0, 0.1) is 6.92 Å². The number of unbranched alkanes of at least 4 members (excludes halogenated alkanes) is 6. The Hall–Kier alpha value is -3.71. The van der Waals surface area contributed by atoms with Crippen molar-refractivity contribution in [3.8, 4) is 47.5 Å². The molecule has 4 heterocycles. The highest BCUT2D eigenvalue weighted by Crippen LogP contribution is 2.54. The van der Waals surface area contributed by atoms with Crippen LogP contribution in [0.1, 0.15) is 81.9 Å². The van der Waals surface area contributed by atoms with Crippen LogP contribution in [0.4, 0.5) is 24.5 Å². The maximum absolute atomic E-state index is 13.2. The van der Waals surface area contributed by atoms with Crippen LogP contribution >= 0.6 is 34.4 Å². The summed E-state index contributed by atoms with van der Waals surface area (Å²) in [5.74, 6) is -0.132. The van der Waals surface area contributed by atoms with E-state index in [4.69, 9.17) is 17.5 Å². The number of aromatic nitrogens is 2. The topological polar surface area (TPSA) is 59.7 Å². The van der Waals surface area contributed by atoms with E-state index in [1.54, 1.807) is 28.7 Å². The zero-order chi connectivity index (χ0) is 36.2. The van der Waals surface area contributed by atoms with E-state index in [2.05, 4.69) is 55.8 Å². The quantitative estimate of drug-likeness (QED) is 0.0974. The van der Waals surface area contributed by atoms with E-state index in [0.717, 1.165) is 85.8 Å². The van der Waals surface area contributed by atoms with Gasteiger partial charge in [0, 0.05) is 30.6 Å². The van der Waals surface area contributed by atoms with Gasteiger partial charge in [0.15, 0.2) is 0 Å². The van der Waals surface area contributed by atoms with Gasteiger partial charge in [-0.1, -0.05) is 70.6 Å². The molecular formula is C40H39F3N4OS4. The Labute approximate surface area is 318 Å². The van der Waals surface area contributed by atoms with Gasteiger partial charge in [0.25, 0.3) is 0 Å². The zero-order valence-electron chi connectivity index (χ0n) is 29.3. The number of benzene rings is 3. The fraction of sp³-hybridized carbons (Fsp3) is 0.350. The minimum atomic E-state index is -4.75. The van der Waals surface area contributed by atoms with Gasteiger partial charge in [-0.05, 0) is 103 Å². The third kappa shape index (κ3) is 7.95. The summed E-state index contributed by atoms with van der Waals surface area (Å²) in [6.45, 7) is 6.56. The Morgan fingerprint density at radius 2 is 1.13 bits per heavy atom. The third-order valence-corrected chi connectivity index (χ3v) is 12.8. The van der Waals surface area contributed by atoms with Crippen LogP contribution in [-0.2, 0) is 24.2 Å². The second-order valence-corrected chi connectivity index (χ2v) is 16.4. The van der Waals surface area contributed by atoms with Gasteiger partial charge in [0.2, 0.25) is 0 Å². The maximum Gasteiger partial charge on any atom is 0.573 e. The molecule has 5 nitrogen and oxygen atoms in total. The number of alkyl halides is 3. The molecule has 1 aliphatic rings. The average Bonchev–Trinajstić information content (AvgIpc) is 3.96. The van der Waals surface area contributed by atoms with Crippen molar-refractivity contribution < 1.29 is 17.9 Å². The lowest BCUT2D eigenvalue weighted by Crippen LogP contribution is -2.18. The first kappa shape index (κ1) is 36.6. The Kier molecular flexibility index (Phi) is 11.4. The summed E-state index contributed by atoms with van der Waals surface area (Å²) >= 11 is 5.65. The summed E-state index contributed by atoms with van der Waals surface area (Å²) in [7, 11) is 0. The van der Waals surface area contributed by atoms with Gasteiger partial charge in [-0.15, -0.1) is 35.8 Å². The molecule has 0 fully saturated rings. The lowest BCUT2D eigenvalue weighted by molar-refractivity contribution is -0.274. The van der Waals surface area contributed by atoms with Crippen LogP contribution in [0.25, 0.3) is 52.8 Å². The van der Waals surface area contributed by atoms with Gasteiger partial charge >= 0.3 is 6.36 Å². The van der Waals surface area contributed by atoms with E-state index in [-0.39, 0.29) is 5.75 Å². The number of fused-ring (bicyclic) bond motifs is 2. The van der Waals surface area contributed by atoms with Gasteiger partial charge in [0.1, 0.15) is 28.2 Å². The molecule has 270 valence electrons. The van der Waals surface area contributed by atoms with Crippen LogP contribution in [0.3, 0.4) is 0 Å². The first-order valence-corrected chi connectivity index (χ1v) is 20.9. The summed E-state index contributed by atoms with van der Waals surface area (Å²) in [6.07, 6.45) is 5.70. The molecule has 0 bridgehead atoms. The third-order valence-electron chi connectivity index (χ3n) is 9.43. The minimum absolute atomic E-state index is 0.132. The first-order valence-electron chi connectivity index (χ1n) is 17.8. The standard InChI is InChI=1S/C40H39F3N4OS4/c1-4-6-8-10-12-25-22-27(15-14-24(25)3)30-18-20-32(49-30)34-36-38(46-51-44-36)35(39-37(34)45-52-47-39)33-21-19-31(50-33)28-16-17-29(48-40(41,42)43)26(23-28)13-11-9-7-5-2/h14-23H,4-13H2,1-3H3. The van der Waals surface area contributed by atoms with E-state index in [1.165, 1.54) is 76.4 Å². The van der Waals surface area contributed by atoms with Crippen molar-refractivity contribution in [3.05, 3.63) is 77.4 Å². The molecule has 12 heteroatoms. The van der Waals surface area contributed by atoms with Crippen molar-refractivity contribution in [3.63, 3.8) is 0 Å². The van der Waals surface area contributed by atoms with Crippen LogP contribution in [0.15, 0.2) is 69.4 Å². The summed E-state index contributed by atoms with van der Waals surface area (Å²) in [5.41, 5.74) is 10.4. The van der Waals surface area contributed by atoms with E-state index >= 15 is 0 Å². The largest absolute Gasteiger partial charge is 0.573 e. The molecule has 52 heavy (non-hydrogen) atoms. The number of hydrogen-bond acceptors (Lipinski definition) is 8. The molecule has 0 amide bonds. The smallest absolute Gasteiger partial charge is 0.406 e. The molecule has 0 N–H and O–H groups in total. The van der Waals surface area contributed by atoms with Crippen molar-refractivity contribution in [2.45, 2.75) is 91.3 Å². The van der Waals surface area contributed by atoms with Gasteiger partial charge in [-0.25, -0.2) is 0 Å². The molecular weight excluding hydrogens is 738 g/mol. The molecule has 0 spiro atoms. The monoisotopic (exact) mass is 776 g/mol. The number of rotatable bonds is 15. The number of ether oxygens (including phenoxy) is 1. The number of aryl methyl sites for hydroxylation is 3. The van der Waals surface area contributed by atoms with E-state index in [0.29, 0.717) is 12.0 Å².